The van der Waals surface area contributed by atoms with Crippen molar-refractivity contribution in [2.75, 3.05) is 13.1 Å². The average Bonchev–Trinajstić information content (AvgIpc) is 3.86. The summed E-state index contributed by atoms with van der Waals surface area (Å²) in [5.74, 6) is -0.450. The highest BCUT2D eigenvalue weighted by Gasteiger charge is 2.31. The van der Waals surface area contributed by atoms with Gasteiger partial charge < -0.3 is 30.2 Å². The van der Waals surface area contributed by atoms with Crippen LogP contribution in [0.1, 0.15) is 91.0 Å². The molecule has 3 amide bonds. The Morgan fingerprint density at radius 1 is 1.23 bits per heavy atom. The predicted molar refractivity (Wildman–Crippen MR) is 149 cm³/mol. The second-order valence-corrected chi connectivity index (χ2v) is 10.3. The molecule has 0 radical (unpaired) electrons. The maximum absolute atomic E-state index is 12.4. The molecule has 2 aliphatic carbocycles. The normalized spacial score (nSPS) is 15.4. The molecule has 0 aromatic carbocycles. The molecule has 4 N–H and O–H groups in total. The van der Waals surface area contributed by atoms with Gasteiger partial charge in [0.25, 0.3) is 11.8 Å². The lowest BCUT2D eigenvalue weighted by atomic mass is 10.1. The molecule has 214 valence electrons. The number of nitrogens with zero attached hydrogens (tertiary/aromatic N) is 4. The number of nitrogens with one attached hydrogen (secondary N) is 3. The summed E-state index contributed by atoms with van der Waals surface area (Å²) in [6.45, 7) is 7.38. The zero-order chi connectivity index (χ0) is 28.8. The van der Waals surface area contributed by atoms with Crippen LogP contribution in [-0.2, 0) is 17.9 Å². The van der Waals surface area contributed by atoms with E-state index in [1.165, 1.54) is 38.2 Å². The Morgan fingerprint density at radius 2 is 1.95 bits per heavy atom. The smallest absolute Gasteiger partial charge is 0.274 e. The molecule has 1 aliphatic heterocycles. The zero-order valence-corrected chi connectivity index (χ0v) is 23.2. The van der Waals surface area contributed by atoms with Crippen molar-refractivity contribution in [1.82, 2.24) is 35.1 Å². The van der Waals surface area contributed by atoms with Gasteiger partial charge in [-0.1, -0.05) is 19.3 Å². The van der Waals surface area contributed by atoms with E-state index < -0.39 is 11.2 Å². The van der Waals surface area contributed by atoms with Crippen LogP contribution < -0.4 is 16.1 Å². The lowest BCUT2D eigenvalue weighted by Gasteiger charge is -2.34. The van der Waals surface area contributed by atoms with Crippen molar-refractivity contribution in [3.63, 3.8) is 0 Å². The van der Waals surface area contributed by atoms with Crippen LogP contribution in [0.25, 0.3) is 11.2 Å². The van der Waals surface area contributed by atoms with Crippen molar-refractivity contribution in [3.05, 3.63) is 51.3 Å². The molecule has 3 aromatic heterocycles. The number of aromatic nitrogens is 4. The Kier molecular flexibility index (Phi) is 9.18. The number of aromatic hydroxyl groups is 1. The minimum Gasteiger partial charge on any atom is -0.503 e. The van der Waals surface area contributed by atoms with Crippen LogP contribution in [0.3, 0.4) is 0 Å². The molecule has 4 heterocycles. The number of hydrogen-bond acceptors (Lipinski definition) is 7. The lowest BCUT2D eigenvalue weighted by molar-refractivity contribution is -0.109. The average molecular weight is 552 g/mol. The minimum absolute atomic E-state index is 0.000138. The summed E-state index contributed by atoms with van der Waals surface area (Å²) in [5, 5.41) is 15.1. The maximum Gasteiger partial charge on any atom is 0.274 e. The first-order valence-electron chi connectivity index (χ1n) is 13.8. The van der Waals surface area contributed by atoms with E-state index in [0.29, 0.717) is 54.4 Å². The van der Waals surface area contributed by atoms with Gasteiger partial charge in [0.15, 0.2) is 17.1 Å². The Morgan fingerprint density at radius 3 is 2.55 bits per heavy atom. The zero-order valence-electron chi connectivity index (χ0n) is 23.2. The van der Waals surface area contributed by atoms with Gasteiger partial charge in [0, 0.05) is 49.6 Å². The summed E-state index contributed by atoms with van der Waals surface area (Å²) < 4.78 is 1.59. The third-order valence-corrected chi connectivity index (χ3v) is 6.72. The van der Waals surface area contributed by atoms with Crippen LogP contribution in [0.4, 0.5) is 0 Å². The Balaban J connectivity index is 0.000000168. The van der Waals surface area contributed by atoms with Crippen molar-refractivity contribution >= 4 is 29.4 Å². The number of H-pyrrole nitrogens is 1. The Labute approximate surface area is 232 Å². The van der Waals surface area contributed by atoms with Crippen LogP contribution in [0.15, 0.2) is 23.3 Å². The molecule has 0 saturated heterocycles. The molecular formula is C28H37N7O5. The number of hydrogen-bond donors (Lipinski definition) is 4. The molecule has 2 fully saturated rings. The van der Waals surface area contributed by atoms with Crippen molar-refractivity contribution in [1.29, 1.82) is 0 Å². The maximum atomic E-state index is 12.4. The third-order valence-electron chi connectivity index (χ3n) is 6.72. The number of rotatable bonds is 7. The van der Waals surface area contributed by atoms with Crippen molar-refractivity contribution < 1.29 is 19.5 Å². The van der Waals surface area contributed by atoms with E-state index in [2.05, 4.69) is 25.6 Å². The van der Waals surface area contributed by atoms with Gasteiger partial charge in [-0.15, -0.1) is 0 Å². The van der Waals surface area contributed by atoms with E-state index in [9.17, 15) is 24.3 Å². The molecule has 3 aromatic rings. The quantitative estimate of drug-likeness (QED) is 0.328. The topological polar surface area (TPSA) is 162 Å². The van der Waals surface area contributed by atoms with Gasteiger partial charge in [0.1, 0.15) is 5.52 Å². The fourth-order valence-corrected chi connectivity index (χ4v) is 4.30. The number of aromatic amines is 1. The summed E-state index contributed by atoms with van der Waals surface area (Å²) in [7, 11) is 0. The first kappa shape index (κ1) is 28.8. The highest BCUT2D eigenvalue weighted by atomic mass is 16.3. The van der Waals surface area contributed by atoms with Crippen LogP contribution in [0.2, 0.25) is 0 Å². The molecule has 0 bridgehead atoms. The first-order chi connectivity index (χ1) is 19.3. The molecule has 2 saturated carbocycles. The second-order valence-electron chi connectivity index (χ2n) is 10.3. The van der Waals surface area contributed by atoms with E-state index in [1.54, 1.807) is 21.9 Å². The van der Waals surface area contributed by atoms with Gasteiger partial charge >= 0.3 is 0 Å². The number of amides is 3. The fraction of sp³-hybridized carbons (Fsp3) is 0.500. The predicted octanol–water partition coefficient (Wildman–Crippen LogP) is 2.42. The Hall–Kier alpha value is -4.22. The summed E-state index contributed by atoms with van der Waals surface area (Å²) in [6, 6.07) is 1.23. The largest absolute Gasteiger partial charge is 0.503 e. The number of pyridine rings is 1. The van der Waals surface area contributed by atoms with Gasteiger partial charge in [-0.05, 0) is 33.6 Å². The van der Waals surface area contributed by atoms with Crippen molar-refractivity contribution in [2.45, 2.75) is 77.9 Å². The van der Waals surface area contributed by atoms with E-state index in [0.717, 1.165) is 5.69 Å². The molecule has 0 unspecified atom stereocenters. The van der Waals surface area contributed by atoms with Crippen LogP contribution >= 0.6 is 0 Å². The molecule has 0 atom stereocenters. The molecular weight excluding hydrogens is 514 g/mol. The lowest BCUT2D eigenvalue weighted by Crippen LogP contribution is -2.46. The van der Waals surface area contributed by atoms with Gasteiger partial charge in [0.2, 0.25) is 11.8 Å². The highest BCUT2D eigenvalue weighted by molar-refractivity contribution is 6.04. The van der Waals surface area contributed by atoms with E-state index >= 15 is 0 Å². The third kappa shape index (κ3) is 6.67. The molecule has 6 rings (SSSR count). The van der Waals surface area contributed by atoms with E-state index in [-0.39, 0.29) is 30.1 Å². The summed E-state index contributed by atoms with van der Waals surface area (Å²) in [4.78, 5) is 59.8. The standard InChI is InChI=1S/C13H17N3O4.C12H14N4O.C3H6/c1-8(2)15-3-4-16-9(6-14-7-17)5-10(18)12(19)11(16)13(15)20;1-2-13-12(17)8-5-14-11-10(8)16-9(6-15-11)7-3-4-7;1-2-3-1/h5,7-8,19H,3-4,6H2,1-2H3,(H,14,17);5-7H,2-4H2,1H3,(H,13,17)(H,14,15);1-3H2. The van der Waals surface area contributed by atoms with Gasteiger partial charge in [-0.3, -0.25) is 19.2 Å². The molecule has 12 heteroatoms. The summed E-state index contributed by atoms with van der Waals surface area (Å²) in [6.07, 6.45) is 10.9. The number of fused-ring (bicyclic) bond motifs is 2. The van der Waals surface area contributed by atoms with Gasteiger partial charge in [0.05, 0.1) is 24.0 Å². The van der Waals surface area contributed by atoms with Crippen LogP contribution in [0, 0.1) is 0 Å². The van der Waals surface area contributed by atoms with Gasteiger partial charge in [-0.2, -0.15) is 0 Å². The minimum atomic E-state index is -0.613. The van der Waals surface area contributed by atoms with Gasteiger partial charge in [-0.25, -0.2) is 9.97 Å². The fourth-order valence-electron chi connectivity index (χ4n) is 4.30. The highest BCUT2D eigenvalue weighted by Crippen LogP contribution is 2.39. The monoisotopic (exact) mass is 551 g/mol. The number of carbonyl (C=O) groups is 3. The van der Waals surface area contributed by atoms with Crippen LogP contribution in [-0.4, -0.2) is 66.9 Å². The van der Waals surface area contributed by atoms with Crippen LogP contribution in [0.5, 0.6) is 5.75 Å². The molecule has 3 aliphatic rings. The molecule has 12 nitrogen and oxygen atoms in total. The molecule has 0 spiro atoms. The SMILES string of the molecule is C1CC1.CC(C)N1CCn2c(CNC=O)cc(=O)c(O)c2C1=O.CCNC(=O)c1c[nH]c2ncc(C3CC3)nc12. The summed E-state index contributed by atoms with van der Waals surface area (Å²) >= 11 is 0. The molecule has 40 heavy (non-hydrogen) atoms. The van der Waals surface area contributed by atoms with E-state index in [4.69, 9.17) is 0 Å². The van der Waals surface area contributed by atoms with Crippen molar-refractivity contribution in [3.8, 4) is 5.75 Å². The first-order valence-corrected chi connectivity index (χ1v) is 13.8. The number of carbonyl (C=O) groups excluding carboxylic acids is 3. The van der Waals surface area contributed by atoms with Crippen molar-refractivity contribution in [2.24, 2.45) is 0 Å². The second kappa shape index (κ2) is 12.8. The van der Waals surface area contributed by atoms with E-state index in [1.807, 2.05) is 20.8 Å². The Bertz CT molecular complexity index is 1440. The summed E-state index contributed by atoms with van der Waals surface area (Å²) in [5.41, 5.74) is 2.83.